The van der Waals surface area contributed by atoms with Crippen LogP contribution < -0.4 is 9.44 Å². The Kier molecular flexibility index (Phi) is 6.07. The second kappa shape index (κ2) is 8.74. The number of benzene rings is 2. The third kappa shape index (κ3) is 5.30. The Morgan fingerprint density at radius 2 is 1.66 bits per heavy atom. The summed E-state index contributed by atoms with van der Waals surface area (Å²) < 4.78 is 79.8. The molecule has 182 valence electrons. The quantitative estimate of drug-likeness (QED) is 0.319. The number of nitrogens with zero attached hydrogens (tertiary/aromatic N) is 1. The lowest BCUT2D eigenvalue weighted by atomic mass is 9.99. The fraction of sp³-hybridized carbons (Fsp3) is 0.0909. The van der Waals surface area contributed by atoms with E-state index in [9.17, 15) is 30.4 Å². The Balaban J connectivity index is 1.79. The predicted molar refractivity (Wildman–Crippen MR) is 128 cm³/mol. The van der Waals surface area contributed by atoms with E-state index in [2.05, 4.69) is 14.7 Å². The lowest BCUT2D eigenvalue weighted by Crippen LogP contribution is -2.14. The van der Waals surface area contributed by atoms with E-state index >= 15 is 0 Å². The zero-order valence-electron chi connectivity index (χ0n) is 18.3. The number of carbonyl (C=O) groups excluding carboxylic acids is 1. The number of aromatic nitrogens is 2. The van der Waals surface area contributed by atoms with Crippen molar-refractivity contribution < 1.29 is 30.4 Å². The molecule has 0 spiro atoms. The number of ketones is 1. The van der Waals surface area contributed by atoms with Gasteiger partial charge in [-0.05, 0) is 35.9 Å². The second-order valence-corrected chi connectivity index (χ2v) is 11.3. The number of anilines is 2. The molecule has 0 fully saturated rings. The lowest BCUT2D eigenvalue weighted by Gasteiger charge is -2.10. The number of carbonyl (C=O) groups is 1. The van der Waals surface area contributed by atoms with Crippen LogP contribution in [0.2, 0.25) is 0 Å². The highest BCUT2D eigenvalue weighted by atomic mass is 32.2. The van der Waals surface area contributed by atoms with Crippen LogP contribution >= 0.6 is 0 Å². The van der Waals surface area contributed by atoms with Crippen molar-refractivity contribution in [2.24, 2.45) is 0 Å². The Hall–Kier alpha value is -3.84. The van der Waals surface area contributed by atoms with E-state index in [-0.39, 0.29) is 16.6 Å². The summed E-state index contributed by atoms with van der Waals surface area (Å²) in [6.07, 6.45) is 4.56. The predicted octanol–water partition coefficient (Wildman–Crippen LogP) is 3.48. The Bertz CT molecular complexity index is 1700. The number of pyridine rings is 1. The molecule has 2 heterocycles. The van der Waals surface area contributed by atoms with E-state index in [0.29, 0.717) is 16.8 Å². The van der Waals surface area contributed by atoms with E-state index in [1.807, 2.05) is 4.72 Å². The average molecular weight is 521 g/mol. The van der Waals surface area contributed by atoms with Crippen molar-refractivity contribution >= 4 is 48.2 Å². The number of fused-ring (bicyclic) bond motifs is 1. The SMILES string of the molecule is CS(=O)(=O)Nc1cccc(-c2cnc3[nH]cc(C(=O)c4c(F)ccc(NS(C)(=O)=O)c4F)c3c2)c1. The van der Waals surface area contributed by atoms with Gasteiger partial charge in [0.1, 0.15) is 11.5 Å². The first kappa shape index (κ1) is 24.3. The maximum atomic E-state index is 15.0. The monoisotopic (exact) mass is 520 g/mol. The van der Waals surface area contributed by atoms with Crippen molar-refractivity contribution in [1.29, 1.82) is 0 Å². The minimum absolute atomic E-state index is 0.0888. The van der Waals surface area contributed by atoms with Crippen molar-refractivity contribution in [3.05, 3.63) is 77.6 Å². The molecular weight excluding hydrogens is 502 g/mol. The molecule has 9 nitrogen and oxygen atoms in total. The second-order valence-electron chi connectivity index (χ2n) is 7.76. The average Bonchev–Trinajstić information content (AvgIpc) is 3.17. The van der Waals surface area contributed by atoms with E-state index in [1.165, 1.54) is 12.4 Å². The molecular formula is C22H18F2N4O5S2. The lowest BCUT2D eigenvalue weighted by molar-refractivity contribution is 0.103. The van der Waals surface area contributed by atoms with Gasteiger partial charge in [-0.2, -0.15) is 0 Å². The van der Waals surface area contributed by atoms with Gasteiger partial charge in [0.05, 0.1) is 23.8 Å². The molecule has 0 saturated carbocycles. The third-order valence-corrected chi connectivity index (χ3v) is 6.09. The molecule has 0 aliphatic carbocycles. The summed E-state index contributed by atoms with van der Waals surface area (Å²) in [6, 6.07) is 9.70. The van der Waals surface area contributed by atoms with Crippen LogP contribution in [-0.4, -0.2) is 45.1 Å². The minimum atomic E-state index is -3.88. The number of sulfonamides is 2. The van der Waals surface area contributed by atoms with E-state index < -0.39 is 48.7 Å². The number of nitrogens with one attached hydrogen (secondary N) is 3. The number of hydrogen-bond acceptors (Lipinski definition) is 6. The molecule has 13 heteroatoms. The first-order chi connectivity index (χ1) is 16.3. The molecule has 3 N–H and O–H groups in total. The summed E-state index contributed by atoms with van der Waals surface area (Å²) in [5.74, 6) is -3.53. The van der Waals surface area contributed by atoms with Crippen molar-refractivity contribution in [1.82, 2.24) is 9.97 Å². The van der Waals surface area contributed by atoms with Gasteiger partial charge in [-0.25, -0.2) is 30.6 Å². The highest BCUT2D eigenvalue weighted by molar-refractivity contribution is 7.92. The Morgan fingerprint density at radius 1 is 0.943 bits per heavy atom. The molecule has 0 saturated heterocycles. The van der Waals surface area contributed by atoms with Crippen molar-refractivity contribution in [3.63, 3.8) is 0 Å². The van der Waals surface area contributed by atoms with E-state index in [0.717, 1.165) is 24.6 Å². The van der Waals surface area contributed by atoms with Gasteiger partial charge < -0.3 is 4.98 Å². The highest BCUT2D eigenvalue weighted by Gasteiger charge is 2.25. The van der Waals surface area contributed by atoms with Gasteiger partial charge in [-0.1, -0.05) is 12.1 Å². The molecule has 0 amide bonds. The summed E-state index contributed by atoms with van der Waals surface area (Å²) in [7, 11) is -7.38. The van der Waals surface area contributed by atoms with Gasteiger partial charge >= 0.3 is 0 Å². The number of H-pyrrole nitrogens is 1. The topological polar surface area (TPSA) is 138 Å². The van der Waals surface area contributed by atoms with Gasteiger partial charge in [0.25, 0.3) is 0 Å². The van der Waals surface area contributed by atoms with E-state index in [1.54, 1.807) is 30.3 Å². The van der Waals surface area contributed by atoms with Crippen LogP contribution in [0.15, 0.2) is 54.9 Å². The van der Waals surface area contributed by atoms with Gasteiger partial charge in [0.2, 0.25) is 25.8 Å². The summed E-state index contributed by atoms with van der Waals surface area (Å²) >= 11 is 0. The van der Waals surface area contributed by atoms with Crippen molar-refractivity contribution in [2.75, 3.05) is 22.0 Å². The smallest absolute Gasteiger partial charge is 0.229 e. The molecule has 4 aromatic rings. The third-order valence-electron chi connectivity index (χ3n) is 4.89. The van der Waals surface area contributed by atoms with Crippen LogP contribution in [0.25, 0.3) is 22.2 Å². The fourth-order valence-corrected chi connectivity index (χ4v) is 4.61. The zero-order valence-corrected chi connectivity index (χ0v) is 19.9. The Labute approximate surface area is 199 Å². The van der Waals surface area contributed by atoms with Gasteiger partial charge in [-0.3, -0.25) is 14.2 Å². The normalized spacial score (nSPS) is 12.0. The molecule has 0 bridgehead atoms. The molecule has 0 aliphatic heterocycles. The number of halogens is 2. The van der Waals surface area contributed by atoms with Crippen LogP contribution in [0, 0.1) is 11.6 Å². The number of hydrogen-bond donors (Lipinski definition) is 3. The molecule has 2 aromatic carbocycles. The largest absolute Gasteiger partial charge is 0.345 e. The molecule has 2 aromatic heterocycles. The van der Waals surface area contributed by atoms with Crippen molar-refractivity contribution in [3.8, 4) is 11.1 Å². The maximum Gasteiger partial charge on any atom is 0.229 e. The highest BCUT2D eigenvalue weighted by Crippen LogP contribution is 2.30. The first-order valence-corrected chi connectivity index (χ1v) is 13.7. The fourth-order valence-electron chi connectivity index (χ4n) is 3.50. The van der Waals surface area contributed by atoms with Gasteiger partial charge in [0.15, 0.2) is 5.82 Å². The van der Waals surface area contributed by atoms with Crippen molar-refractivity contribution in [2.45, 2.75) is 0 Å². The number of aromatic amines is 1. The molecule has 0 unspecified atom stereocenters. The molecule has 0 atom stereocenters. The number of rotatable bonds is 7. The van der Waals surface area contributed by atoms with E-state index in [4.69, 9.17) is 0 Å². The molecule has 35 heavy (non-hydrogen) atoms. The summed E-state index contributed by atoms with van der Waals surface area (Å²) in [4.78, 5) is 20.2. The van der Waals surface area contributed by atoms with Gasteiger partial charge in [0, 0.05) is 34.6 Å². The zero-order chi connectivity index (χ0) is 25.5. The van der Waals surface area contributed by atoms with Crippen LogP contribution in [0.1, 0.15) is 15.9 Å². The maximum absolute atomic E-state index is 15.0. The summed E-state index contributed by atoms with van der Waals surface area (Å²) in [5, 5.41) is 0.259. The first-order valence-electron chi connectivity index (χ1n) is 9.88. The Morgan fingerprint density at radius 3 is 2.34 bits per heavy atom. The summed E-state index contributed by atoms with van der Waals surface area (Å²) in [6.45, 7) is 0. The molecule has 4 rings (SSSR count). The minimum Gasteiger partial charge on any atom is -0.345 e. The van der Waals surface area contributed by atoms with Crippen LogP contribution in [0.3, 0.4) is 0 Å². The van der Waals surface area contributed by atoms with Crippen LogP contribution in [0.5, 0.6) is 0 Å². The summed E-state index contributed by atoms with van der Waals surface area (Å²) in [5.41, 5.74) is 0.0918. The van der Waals surface area contributed by atoms with Crippen LogP contribution in [-0.2, 0) is 20.0 Å². The van der Waals surface area contributed by atoms with Crippen LogP contribution in [0.4, 0.5) is 20.2 Å². The van der Waals surface area contributed by atoms with Gasteiger partial charge in [-0.15, -0.1) is 0 Å². The molecule has 0 aliphatic rings. The standard InChI is InChI=1S/C22H18F2N4O5S2/c1-34(30,31)27-14-5-3-4-12(8-14)13-9-15-16(11-26-22(15)25-10-13)21(29)19-17(23)6-7-18(20(19)24)28-35(2,32)33/h3-11,27-28H,1-2H3,(H,25,26). The molecule has 0 radical (unpaired) electrons.